The van der Waals surface area contributed by atoms with Gasteiger partial charge in [-0.05, 0) is 51.9 Å². The highest BCUT2D eigenvalue weighted by atomic mass is 32.2. The van der Waals surface area contributed by atoms with Crippen LogP contribution in [0.25, 0.3) is 0 Å². The van der Waals surface area contributed by atoms with E-state index in [9.17, 15) is 51.6 Å². The van der Waals surface area contributed by atoms with Crippen molar-refractivity contribution in [2.24, 2.45) is 7.05 Å². The van der Waals surface area contributed by atoms with Crippen molar-refractivity contribution in [2.45, 2.75) is 54.8 Å². The average molecular weight is 985 g/mol. The number of anilines is 1. The number of phenolic OH excluding ortho intramolecular Hbond substituents is 1. The summed E-state index contributed by atoms with van der Waals surface area (Å²) in [4.78, 5) is 91.6. The van der Waals surface area contributed by atoms with Crippen LogP contribution in [0.15, 0.2) is 84.3 Å². The maximum Gasteiger partial charge on any atom is 0.341 e. The Kier molecular flexibility index (Phi) is 30.3. The monoisotopic (exact) mass is 984 g/mol. The van der Waals surface area contributed by atoms with Crippen molar-refractivity contribution in [3.05, 3.63) is 128 Å². The summed E-state index contributed by atoms with van der Waals surface area (Å²) in [7, 11) is 4.54. The molecule has 378 valence electrons. The van der Waals surface area contributed by atoms with Crippen LogP contribution in [-0.4, -0.2) is 120 Å². The number of nitrogens with one attached hydrogen (secondary N) is 4. The van der Waals surface area contributed by atoms with E-state index < -0.39 is 55.7 Å². The Bertz CT molecular complexity index is 2640. The second-order valence-corrected chi connectivity index (χ2v) is 15.5. The SMILES string of the molecule is CC(=O)N(C)O.CC1=CC(=O)NC1.CC1OC(=O)C=C(O)O1.CNC(C)=O.CNS(C)(=O)=O.CNc1c(O)c(=O)c1=O.Cc1c(O)c(=O)c1=O.Cc1ccc(O)c(C)c1.Cn1ccc(=O)c(O)c1. The molecule has 0 saturated carbocycles. The topological polar surface area (TPSA) is 384 Å². The van der Waals surface area contributed by atoms with Crippen molar-refractivity contribution in [2.75, 3.05) is 46.3 Å². The van der Waals surface area contributed by atoms with Gasteiger partial charge in [-0.3, -0.25) is 43.6 Å². The van der Waals surface area contributed by atoms with Gasteiger partial charge in [-0.1, -0.05) is 17.7 Å². The molecule has 6 rings (SSSR count). The number of ether oxygens (including phenoxy) is 2. The van der Waals surface area contributed by atoms with E-state index in [1.54, 1.807) is 37.0 Å². The van der Waals surface area contributed by atoms with Crippen LogP contribution < -0.4 is 47.8 Å². The van der Waals surface area contributed by atoms with Crippen molar-refractivity contribution in [1.82, 2.24) is 25.0 Å². The molecule has 1 atom stereocenters. The Labute approximate surface area is 390 Å². The molecule has 2 aliphatic heterocycles. The number of hydrogen-bond acceptors (Lipinski definition) is 20. The first-order valence-corrected chi connectivity index (χ1v) is 21.1. The van der Waals surface area contributed by atoms with E-state index in [2.05, 4.69) is 30.1 Å². The predicted octanol–water partition coefficient (Wildman–Crippen LogP) is -0.434. The highest BCUT2D eigenvalue weighted by molar-refractivity contribution is 7.88. The standard InChI is InChI=1S/C8H10O.C6H7NO2.C5H5NO3.C5H7NO.C5H6O4.C5H4O3.C3H7NO2.C3H7NO.C2H7NO2S/c1-6-3-4-8(9)7(2)5-6;1-7-3-2-5(8)6(9)4-7;1-6-2-3(7)5(9)4(2)8;1-4-2-5(7)6-3-4;1-3-8-4(6)2-5(7)9-3;1-2-3(6)5(8)4(2)7;1-3(5)4(2)6;1-3(5)4-2;1-3-6(2,4)5/h3-5,9H,1-2H3;2-4,9H,1H3;6-7H,1H3;2H,3H2,1H3,(H,6,7);2-3,6H,1H3;6H,1H3;6H,1-2H3;1-2H3,(H,4,5);3H,1-2H3. The summed E-state index contributed by atoms with van der Waals surface area (Å²) in [5.74, 6) is -1.94. The molecule has 25 nitrogen and oxygen atoms in total. The minimum absolute atomic E-state index is 0.00463. The van der Waals surface area contributed by atoms with E-state index in [4.69, 9.17) is 30.7 Å². The van der Waals surface area contributed by atoms with Gasteiger partial charge in [0.2, 0.25) is 44.9 Å². The van der Waals surface area contributed by atoms with E-state index in [1.807, 2.05) is 32.9 Å². The molecule has 3 heterocycles. The van der Waals surface area contributed by atoms with Gasteiger partial charge in [0.1, 0.15) is 17.5 Å². The van der Waals surface area contributed by atoms with Crippen LogP contribution in [0.3, 0.4) is 0 Å². The maximum atomic E-state index is 10.5. The smallest absolute Gasteiger partial charge is 0.341 e. The summed E-state index contributed by atoms with van der Waals surface area (Å²) in [5.41, 5.74) is 0.313. The number of carbonyl (C=O) groups is 4. The quantitative estimate of drug-likeness (QED) is 0.0527. The molecule has 3 amide bonds. The molecule has 0 spiro atoms. The third-order valence-corrected chi connectivity index (χ3v) is 8.29. The molecule has 4 aromatic rings. The van der Waals surface area contributed by atoms with Crippen LogP contribution in [0, 0.1) is 20.8 Å². The van der Waals surface area contributed by atoms with Crippen LogP contribution in [0.4, 0.5) is 5.69 Å². The van der Waals surface area contributed by atoms with E-state index in [-0.39, 0.29) is 45.9 Å². The highest BCUT2D eigenvalue weighted by Gasteiger charge is 2.18. The summed E-state index contributed by atoms with van der Waals surface area (Å²) in [6.45, 7) is 12.2. The maximum absolute atomic E-state index is 10.5. The van der Waals surface area contributed by atoms with Crippen molar-refractivity contribution < 1.29 is 67.8 Å². The van der Waals surface area contributed by atoms with Gasteiger partial charge in [0.15, 0.2) is 17.2 Å². The Morgan fingerprint density at radius 1 is 0.809 bits per heavy atom. The van der Waals surface area contributed by atoms with Gasteiger partial charge in [-0.2, -0.15) is 0 Å². The number of rotatable bonds is 2. The number of aryl methyl sites for hydroxylation is 3. The van der Waals surface area contributed by atoms with Crippen LogP contribution in [0.2, 0.25) is 0 Å². The summed E-state index contributed by atoms with van der Waals surface area (Å²) < 4.78 is 32.5. The molecule has 0 saturated heterocycles. The van der Waals surface area contributed by atoms with Gasteiger partial charge < -0.3 is 55.5 Å². The zero-order chi connectivity index (χ0) is 53.8. The van der Waals surface area contributed by atoms with Crippen LogP contribution in [-0.2, 0) is 45.7 Å². The second-order valence-electron chi connectivity index (χ2n) is 13.6. The van der Waals surface area contributed by atoms with Crippen LogP contribution in [0.1, 0.15) is 44.4 Å². The first kappa shape index (κ1) is 64.4. The minimum atomic E-state index is -2.91. The molecular formula is C42H60N6O19S. The Morgan fingerprint density at radius 3 is 1.54 bits per heavy atom. The fraction of sp³-hybridized carbons (Fsp3) is 0.357. The minimum Gasteiger partial charge on any atom is -0.508 e. The summed E-state index contributed by atoms with van der Waals surface area (Å²) >= 11 is 0. The van der Waals surface area contributed by atoms with Gasteiger partial charge >= 0.3 is 5.97 Å². The molecule has 68 heavy (non-hydrogen) atoms. The lowest BCUT2D eigenvalue weighted by Gasteiger charge is -2.16. The number of aromatic nitrogens is 1. The van der Waals surface area contributed by atoms with Crippen LogP contribution in [0.5, 0.6) is 23.0 Å². The average Bonchev–Trinajstić information content (AvgIpc) is 3.65. The van der Waals surface area contributed by atoms with Crippen LogP contribution >= 0.6 is 0 Å². The van der Waals surface area contributed by atoms with Crippen molar-refractivity contribution >= 4 is 39.4 Å². The fourth-order valence-electron chi connectivity index (χ4n) is 3.56. The Balaban J connectivity index is -0.000000704. The first-order valence-electron chi connectivity index (χ1n) is 19.2. The number of benzene rings is 1. The lowest BCUT2D eigenvalue weighted by Crippen LogP contribution is -2.32. The lowest BCUT2D eigenvalue weighted by molar-refractivity contribution is -0.177. The van der Waals surface area contributed by atoms with Gasteiger partial charge in [0, 0.05) is 85.6 Å². The number of pyridine rings is 1. The molecular weight excluding hydrogens is 925 g/mol. The summed E-state index contributed by atoms with van der Waals surface area (Å²) in [5, 5.41) is 59.5. The zero-order valence-corrected chi connectivity index (χ0v) is 40.5. The fourth-order valence-corrected chi connectivity index (χ4v) is 3.56. The number of carbonyl (C=O) groups excluding carboxylic acids is 4. The normalized spacial score (nSPS) is 12.6. The molecule has 2 aliphatic rings. The molecule has 1 unspecified atom stereocenters. The Hall–Kier alpha value is -7.84. The number of hydroxylamine groups is 2. The number of hydrogen-bond donors (Lipinski definition) is 10. The van der Waals surface area contributed by atoms with Crippen molar-refractivity contribution in [3.8, 4) is 23.0 Å². The Morgan fingerprint density at radius 2 is 1.31 bits per heavy atom. The number of aliphatic hydroxyl groups is 1. The molecule has 10 N–H and O–H groups in total. The second kappa shape index (κ2) is 31.9. The highest BCUT2D eigenvalue weighted by Crippen LogP contribution is 2.15. The first-order chi connectivity index (χ1) is 31.2. The van der Waals surface area contributed by atoms with E-state index in [0.717, 1.165) is 30.0 Å². The molecule has 26 heteroatoms. The molecule has 0 bridgehead atoms. The number of esters is 1. The number of aliphatic hydroxyl groups excluding tert-OH is 1. The third kappa shape index (κ3) is 28.2. The number of amides is 3. The van der Waals surface area contributed by atoms with E-state index in [0.29, 0.717) is 10.8 Å². The largest absolute Gasteiger partial charge is 0.508 e. The molecule has 1 aromatic heterocycles. The number of nitrogens with zero attached hydrogens (tertiary/aromatic N) is 2. The molecule has 0 radical (unpaired) electrons. The number of sulfonamides is 1. The number of cyclic esters (lactones) is 1. The van der Waals surface area contributed by atoms with Gasteiger partial charge in [0.25, 0.3) is 22.2 Å². The van der Waals surface area contributed by atoms with Gasteiger partial charge in [0.05, 0.1) is 6.26 Å². The van der Waals surface area contributed by atoms with Gasteiger partial charge in [-0.25, -0.2) is 23.0 Å². The molecule has 0 fully saturated rings. The summed E-state index contributed by atoms with van der Waals surface area (Å²) in [6, 6.07) is 6.87. The number of phenols is 1. The number of aromatic hydroxyl groups is 4. The lowest BCUT2D eigenvalue weighted by atomic mass is 10.1. The van der Waals surface area contributed by atoms with Gasteiger partial charge in [-0.15, -0.1) is 0 Å². The summed E-state index contributed by atoms with van der Waals surface area (Å²) in [6.07, 6.45) is 5.86. The predicted molar refractivity (Wildman–Crippen MR) is 249 cm³/mol. The third-order valence-electron chi connectivity index (χ3n) is 7.55. The van der Waals surface area contributed by atoms with Crippen molar-refractivity contribution in [3.63, 3.8) is 0 Å². The van der Waals surface area contributed by atoms with Crippen molar-refractivity contribution in [1.29, 1.82) is 0 Å². The zero-order valence-electron chi connectivity index (χ0n) is 39.7. The van der Waals surface area contributed by atoms with E-state index in [1.165, 1.54) is 66.7 Å². The van der Waals surface area contributed by atoms with E-state index >= 15 is 0 Å². The molecule has 3 aromatic carbocycles. The molecule has 0 aliphatic carbocycles.